The number of benzene rings is 1. The van der Waals surface area contributed by atoms with E-state index in [1.165, 1.54) is 5.01 Å². The zero-order valence-electron chi connectivity index (χ0n) is 13.5. The maximum Gasteiger partial charge on any atom is 0.427 e. The van der Waals surface area contributed by atoms with Gasteiger partial charge in [-0.3, -0.25) is 0 Å². The number of aliphatic hydroxyl groups excluding tert-OH is 1. The Morgan fingerprint density at radius 3 is 2.58 bits per heavy atom. The molecule has 2 atom stereocenters. The standard InChI is InChI=1S/C16H21N3O5/c1-10(2)14(8-20)19(16(22)23)18-9-24-15(21)13(18)7-11-3-5-12(17)6-4-11/h3-6,10,13,15,21H,7,9,17H2,1-2H3,(H,22,23). The first kappa shape index (κ1) is 18.0. The zero-order chi connectivity index (χ0) is 17.9. The van der Waals surface area contributed by atoms with E-state index in [1.807, 2.05) is 0 Å². The maximum absolute atomic E-state index is 11.7. The average Bonchev–Trinajstić information content (AvgIpc) is 2.87. The highest BCUT2D eigenvalue weighted by Crippen LogP contribution is 2.26. The number of aliphatic hydroxyl groups is 1. The van der Waals surface area contributed by atoms with E-state index in [2.05, 4.69) is 0 Å². The van der Waals surface area contributed by atoms with Gasteiger partial charge in [-0.15, -0.1) is 0 Å². The second-order valence-electron chi connectivity index (χ2n) is 5.88. The number of nitrogens with zero attached hydrogens (tertiary/aromatic N) is 2. The third kappa shape index (κ3) is 3.74. The van der Waals surface area contributed by atoms with Crippen LogP contribution in [0.5, 0.6) is 0 Å². The molecule has 1 amide bonds. The highest BCUT2D eigenvalue weighted by atomic mass is 16.6. The van der Waals surface area contributed by atoms with Gasteiger partial charge >= 0.3 is 6.09 Å². The van der Waals surface area contributed by atoms with Gasteiger partial charge in [-0.05, 0) is 24.1 Å². The molecule has 1 fully saturated rings. The third-order valence-electron chi connectivity index (χ3n) is 3.83. The molecule has 1 aliphatic rings. The summed E-state index contributed by atoms with van der Waals surface area (Å²) in [5.41, 5.74) is 7.08. The van der Waals surface area contributed by atoms with Gasteiger partial charge in [-0.1, -0.05) is 26.0 Å². The van der Waals surface area contributed by atoms with Crippen molar-refractivity contribution in [1.82, 2.24) is 10.0 Å². The van der Waals surface area contributed by atoms with Gasteiger partial charge in [-0.2, -0.15) is 10.0 Å². The van der Waals surface area contributed by atoms with Crippen LogP contribution in [0, 0.1) is 5.92 Å². The molecule has 1 heterocycles. The van der Waals surface area contributed by atoms with Crippen LogP contribution in [0.25, 0.3) is 0 Å². The van der Waals surface area contributed by atoms with Crippen LogP contribution in [-0.2, 0) is 16.0 Å². The van der Waals surface area contributed by atoms with E-state index in [0.717, 1.165) is 10.6 Å². The first-order valence-electron chi connectivity index (χ1n) is 7.53. The number of nitrogens with two attached hydrogens (primary N) is 1. The minimum Gasteiger partial charge on any atom is -0.464 e. The van der Waals surface area contributed by atoms with Crippen molar-refractivity contribution in [3.05, 3.63) is 35.5 Å². The molecule has 130 valence electrons. The maximum atomic E-state index is 11.7. The molecule has 0 bridgehead atoms. The minimum absolute atomic E-state index is 0.0393. The summed E-state index contributed by atoms with van der Waals surface area (Å²) in [6, 6.07) is 6.38. The predicted molar refractivity (Wildman–Crippen MR) is 86.1 cm³/mol. The summed E-state index contributed by atoms with van der Waals surface area (Å²) in [6.45, 7) is 3.24. The van der Waals surface area contributed by atoms with Crippen molar-refractivity contribution in [1.29, 1.82) is 0 Å². The van der Waals surface area contributed by atoms with Gasteiger partial charge in [0.15, 0.2) is 6.29 Å². The second-order valence-corrected chi connectivity index (χ2v) is 5.88. The van der Waals surface area contributed by atoms with E-state index in [9.17, 15) is 19.8 Å². The molecule has 2 unspecified atom stereocenters. The van der Waals surface area contributed by atoms with Crippen LogP contribution in [0.15, 0.2) is 30.0 Å². The van der Waals surface area contributed by atoms with Crippen molar-refractivity contribution >= 4 is 17.7 Å². The number of hydrogen-bond donors (Lipinski definition) is 3. The molecule has 0 saturated carbocycles. The van der Waals surface area contributed by atoms with E-state index >= 15 is 0 Å². The Labute approximate surface area is 139 Å². The van der Waals surface area contributed by atoms with E-state index in [-0.39, 0.29) is 18.3 Å². The summed E-state index contributed by atoms with van der Waals surface area (Å²) in [7, 11) is 0. The molecule has 8 heteroatoms. The Hall–Kier alpha value is -2.38. The van der Waals surface area contributed by atoms with Crippen LogP contribution < -0.4 is 5.73 Å². The molecule has 1 aromatic carbocycles. The summed E-state index contributed by atoms with van der Waals surface area (Å²) in [5.74, 6) is 1.33. The molecular formula is C16H21N3O5. The van der Waals surface area contributed by atoms with Crippen LogP contribution >= 0.6 is 0 Å². The van der Waals surface area contributed by atoms with Crippen molar-refractivity contribution in [2.24, 2.45) is 5.92 Å². The van der Waals surface area contributed by atoms with Crippen molar-refractivity contribution in [3.8, 4) is 0 Å². The lowest BCUT2D eigenvalue weighted by Gasteiger charge is -2.34. The molecule has 1 aliphatic heterocycles. The summed E-state index contributed by atoms with van der Waals surface area (Å²) in [5, 5.41) is 21.7. The van der Waals surface area contributed by atoms with E-state index in [4.69, 9.17) is 10.5 Å². The normalized spacial score (nSPS) is 20.8. The molecule has 1 aromatic rings. The first-order valence-corrected chi connectivity index (χ1v) is 7.53. The molecule has 1 saturated heterocycles. The number of hydrogen-bond acceptors (Lipinski definition) is 6. The molecule has 2 rings (SSSR count). The fourth-order valence-electron chi connectivity index (χ4n) is 2.57. The zero-order valence-corrected chi connectivity index (χ0v) is 13.5. The van der Waals surface area contributed by atoms with Crippen LogP contribution in [0.4, 0.5) is 10.5 Å². The lowest BCUT2D eigenvalue weighted by molar-refractivity contribution is -0.0676. The topological polar surface area (TPSA) is 116 Å². The van der Waals surface area contributed by atoms with Gasteiger partial charge in [0, 0.05) is 11.6 Å². The number of hydrazine groups is 1. The number of amides is 1. The number of rotatable bonds is 5. The van der Waals surface area contributed by atoms with Crippen LogP contribution in [0.2, 0.25) is 0 Å². The van der Waals surface area contributed by atoms with Gasteiger partial charge in [0.2, 0.25) is 0 Å². The Morgan fingerprint density at radius 1 is 1.46 bits per heavy atom. The highest BCUT2D eigenvalue weighted by molar-refractivity contribution is 5.71. The molecule has 0 radical (unpaired) electrons. The second kappa shape index (κ2) is 7.46. The Morgan fingerprint density at radius 2 is 2.08 bits per heavy atom. The van der Waals surface area contributed by atoms with Gasteiger partial charge < -0.3 is 20.7 Å². The van der Waals surface area contributed by atoms with Crippen LogP contribution in [0.3, 0.4) is 0 Å². The third-order valence-corrected chi connectivity index (χ3v) is 3.83. The van der Waals surface area contributed by atoms with Crippen molar-refractivity contribution in [2.45, 2.75) is 32.6 Å². The first-order chi connectivity index (χ1) is 11.3. The van der Waals surface area contributed by atoms with E-state index in [0.29, 0.717) is 12.1 Å². The number of allylic oxidation sites excluding steroid dienone is 1. The number of carbonyl (C=O) groups excluding carboxylic acids is 1. The van der Waals surface area contributed by atoms with Gasteiger partial charge in [0.05, 0.1) is 6.04 Å². The minimum atomic E-state index is -1.33. The Balaban J connectivity index is 2.30. The van der Waals surface area contributed by atoms with Crippen molar-refractivity contribution < 1.29 is 24.5 Å². The number of ether oxygens (including phenoxy) is 1. The molecule has 0 aliphatic carbocycles. The summed E-state index contributed by atoms with van der Waals surface area (Å²) in [6.07, 6.45) is -2.18. The molecule has 0 spiro atoms. The van der Waals surface area contributed by atoms with E-state index < -0.39 is 18.4 Å². The number of anilines is 1. The fourth-order valence-corrected chi connectivity index (χ4v) is 2.57. The molecule has 8 nitrogen and oxygen atoms in total. The molecule has 4 N–H and O–H groups in total. The SMILES string of the molecule is CC(C)C(=C=O)N(C(=O)O)N1COC(O)C1Cc1ccc(N)cc1. The summed E-state index contributed by atoms with van der Waals surface area (Å²) >= 11 is 0. The lowest BCUT2D eigenvalue weighted by atomic mass is 10.0. The molecular weight excluding hydrogens is 314 g/mol. The molecule has 0 aromatic heterocycles. The van der Waals surface area contributed by atoms with Crippen molar-refractivity contribution in [2.75, 3.05) is 12.5 Å². The summed E-state index contributed by atoms with van der Waals surface area (Å²) < 4.78 is 5.19. The van der Waals surface area contributed by atoms with Gasteiger partial charge in [-0.25, -0.2) is 9.59 Å². The largest absolute Gasteiger partial charge is 0.464 e. The predicted octanol–water partition coefficient (Wildman–Crippen LogP) is 1.05. The highest BCUT2D eigenvalue weighted by Gasteiger charge is 2.41. The number of carboxylic acid groups (broad SMARTS) is 1. The van der Waals surface area contributed by atoms with Gasteiger partial charge in [0.1, 0.15) is 18.4 Å². The van der Waals surface area contributed by atoms with Crippen molar-refractivity contribution in [3.63, 3.8) is 0 Å². The van der Waals surface area contributed by atoms with Crippen LogP contribution in [0.1, 0.15) is 19.4 Å². The Kier molecular flexibility index (Phi) is 5.58. The average molecular weight is 335 g/mol. The van der Waals surface area contributed by atoms with E-state index in [1.54, 1.807) is 44.1 Å². The number of nitrogen functional groups attached to an aromatic ring is 1. The molecule has 24 heavy (non-hydrogen) atoms. The summed E-state index contributed by atoms with van der Waals surface area (Å²) in [4.78, 5) is 22.9. The monoisotopic (exact) mass is 335 g/mol. The smallest absolute Gasteiger partial charge is 0.427 e. The van der Waals surface area contributed by atoms with Crippen LogP contribution in [-0.4, -0.2) is 51.3 Å². The Bertz CT molecular complexity index is 640. The fraction of sp³-hybridized carbons (Fsp3) is 0.438. The lowest BCUT2D eigenvalue weighted by Crippen LogP contribution is -2.51. The number of carbonyl (C=O) groups is 1. The van der Waals surface area contributed by atoms with Gasteiger partial charge in [0.25, 0.3) is 0 Å². The quantitative estimate of drug-likeness (QED) is 0.544.